The van der Waals surface area contributed by atoms with Crippen molar-refractivity contribution in [2.75, 3.05) is 25.1 Å². The zero-order valence-electron chi connectivity index (χ0n) is 28.0. The molecule has 0 radical (unpaired) electrons. The zero-order chi connectivity index (χ0) is 35.0. The second-order valence-electron chi connectivity index (χ2n) is 12.2. The molecule has 258 valence electrons. The monoisotopic (exact) mass is 703 g/mol. The molecule has 1 aliphatic carbocycles. The van der Waals surface area contributed by atoms with E-state index in [0.717, 1.165) is 41.1 Å². The molecule has 0 aromatic heterocycles. The van der Waals surface area contributed by atoms with Crippen LogP contribution in [0.5, 0.6) is 11.5 Å². The van der Waals surface area contributed by atoms with E-state index in [2.05, 4.69) is 5.32 Å². The van der Waals surface area contributed by atoms with Crippen LogP contribution in [0, 0.1) is 6.92 Å². The van der Waals surface area contributed by atoms with Gasteiger partial charge in [-0.1, -0.05) is 84.6 Å². The highest BCUT2D eigenvalue weighted by Crippen LogP contribution is 2.34. The Balaban J connectivity index is 1.60. The molecule has 1 aliphatic rings. The molecule has 0 aliphatic heterocycles. The Morgan fingerprint density at radius 1 is 0.857 bits per heavy atom. The van der Waals surface area contributed by atoms with Crippen LogP contribution in [0.25, 0.3) is 0 Å². The molecule has 2 amide bonds. The number of sulfonamides is 1. The van der Waals surface area contributed by atoms with Crippen LogP contribution in [0.1, 0.15) is 42.4 Å². The maximum Gasteiger partial charge on any atom is 0.264 e. The Labute approximate surface area is 293 Å². The van der Waals surface area contributed by atoms with E-state index in [1.165, 1.54) is 37.3 Å². The molecule has 0 bridgehead atoms. The summed E-state index contributed by atoms with van der Waals surface area (Å²) in [4.78, 5) is 30.4. The third-order valence-electron chi connectivity index (χ3n) is 8.76. The van der Waals surface area contributed by atoms with Crippen LogP contribution in [0.3, 0.4) is 0 Å². The van der Waals surface area contributed by atoms with Crippen molar-refractivity contribution in [3.63, 3.8) is 0 Å². The summed E-state index contributed by atoms with van der Waals surface area (Å²) in [7, 11) is -1.34. The molecule has 0 spiro atoms. The minimum Gasteiger partial charge on any atom is -0.493 e. The average molecular weight is 704 g/mol. The van der Waals surface area contributed by atoms with Gasteiger partial charge in [0.15, 0.2) is 11.5 Å². The van der Waals surface area contributed by atoms with Gasteiger partial charge >= 0.3 is 0 Å². The first kappa shape index (κ1) is 35.8. The molecule has 0 heterocycles. The standard InChI is InChI=1S/C38H42ClN3O6S/c1-27-16-19-33(20-17-27)49(45,46)42(32-18-21-35(47-2)36(24-32)48-3)26-37(43)41(25-29-12-9-13-30(39)22-29)34(23-28-10-5-4-6-11-28)38(44)40-31-14-7-8-15-31/h4-6,9-13,16-22,24,31,34H,7-8,14-15,23,25-26H2,1-3H3,(H,40,44)/t34-/m1/s1. The fraction of sp³-hybridized carbons (Fsp3) is 0.316. The fourth-order valence-corrected chi connectivity index (χ4v) is 7.72. The number of nitrogens with one attached hydrogen (secondary N) is 1. The fourth-order valence-electron chi connectivity index (χ4n) is 6.10. The number of carbonyl (C=O) groups is 2. The number of halogens is 1. The maximum atomic E-state index is 14.8. The average Bonchev–Trinajstić information content (AvgIpc) is 3.62. The van der Waals surface area contributed by atoms with Gasteiger partial charge in [-0.05, 0) is 67.3 Å². The van der Waals surface area contributed by atoms with E-state index in [1.807, 2.05) is 43.3 Å². The van der Waals surface area contributed by atoms with Crippen LogP contribution in [-0.4, -0.2) is 58.0 Å². The van der Waals surface area contributed by atoms with Crippen molar-refractivity contribution in [2.24, 2.45) is 0 Å². The van der Waals surface area contributed by atoms with E-state index in [0.29, 0.717) is 22.1 Å². The van der Waals surface area contributed by atoms with Gasteiger partial charge in [0.1, 0.15) is 12.6 Å². The third kappa shape index (κ3) is 8.93. The lowest BCUT2D eigenvalue weighted by Gasteiger charge is -2.34. The lowest BCUT2D eigenvalue weighted by molar-refractivity contribution is -0.140. The van der Waals surface area contributed by atoms with Crippen molar-refractivity contribution in [1.82, 2.24) is 10.2 Å². The number of amides is 2. The van der Waals surface area contributed by atoms with Crippen molar-refractivity contribution in [3.8, 4) is 11.5 Å². The number of carbonyl (C=O) groups excluding carboxylic acids is 2. The molecule has 4 aromatic rings. The minimum absolute atomic E-state index is 0.0130. The molecular weight excluding hydrogens is 662 g/mol. The van der Waals surface area contributed by atoms with Crippen LogP contribution < -0.4 is 19.1 Å². The highest BCUT2D eigenvalue weighted by Gasteiger charge is 2.36. The maximum absolute atomic E-state index is 14.8. The largest absolute Gasteiger partial charge is 0.493 e. The Hall–Kier alpha value is -4.54. The summed E-state index contributed by atoms with van der Waals surface area (Å²) < 4.78 is 40.7. The third-order valence-corrected chi connectivity index (χ3v) is 10.8. The van der Waals surface area contributed by atoms with Crippen molar-refractivity contribution in [1.29, 1.82) is 0 Å². The zero-order valence-corrected chi connectivity index (χ0v) is 29.5. The Bertz CT molecular complexity index is 1850. The lowest BCUT2D eigenvalue weighted by atomic mass is 10.0. The minimum atomic E-state index is -4.28. The van der Waals surface area contributed by atoms with Crippen molar-refractivity contribution >= 4 is 39.1 Å². The smallest absolute Gasteiger partial charge is 0.264 e. The van der Waals surface area contributed by atoms with Crippen molar-refractivity contribution in [3.05, 3.63) is 119 Å². The first-order chi connectivity index (χ1) is 23.6. The number of nitrogens with zero attached hydrogens (tertiary/aromatic N) is 2. The molecule has 1 saturated carbocycles. The number of hydrogen-bond donors (Lipinski definition) is 1. The molecule has 11 heteroatoms. The number of ether oxygens (including phenoxy) is 2. The van der Waals surface area contributed by atoms with Crippen LogP contribution >= 0.6 is 11.6 Å². The van der Waals surface area contributed by atoms with Gasteiger partial charge in [-0.2, -0.15) is 0 Å². The van der Waals surface area contributed by atoms with Crippen LogP contribution in [0.15, 0.2) is 102 Å². The number of rotatable bonds is 14. The molecular formula is C38H42ClN3O6S. The van der Waals surface area contributed by atoms with Gasteiger partial charge < -0.3 is 19.7 Å². The molecule has 9 nitrogen and oxygen atoms in total. The van der Waals surface area contributed by atoms with E-state index in [4.69, 9.17) is 21.1 Å². The first-order valence-electron chi connectivity index (χ1n) is 16.3. The van der Waals surface area contributed by atoms with Gasteiger partial charge in [-0.3, -0.25) is 13.9 Å². The van der Waals surface area contributed by atoms with E-state index < -0.39 is 28.5 Å². The highest BCUT2D eigenvalue weighted by molar-refractivity contribution is 7.92. The summed E-state index contributed by atoms with van der Waals surface area (Å²) in [5, 5.41) is 3.67. The second-order valence-corrected chi connectivity index (χ2v) is 14.5. The van der Waals surface area contributed by atoms with E-state index in [9.17, 15) is 18.0 Å². The second kappa shape index (κ2) is 16.2. The van der Waals surface area contributed by atoms with Crippen LogP contribution in [0.2, 0.25) is 5.02 Å². The summed E-state index contributed by atoms with van der Waals surface area (Å²) in [6.45, 7) is 1.30. The topological polar surface area (TPSA) is 105 Å². The molecule has 4 aromatic carbocycles. The molecule has 1 atom stereocenters. The van der Waals surface area contributed by atoms with Gasteiger partial charge in [0, 0.05) is 30.1 Å². The van der Waals surface area contributed by atoms with E-state index >= 15 is 0 Å². The van der Waals surface area contributed by atoms with Gasteiger partial charge in [-0.15, -0.1) is 0 Å². The Kier molecular flexibility index (Phi) is 11.9. The molecule has 0 saturated heterocycles. The molecule has 49 heavy (non-hydrogen) atoms. The van der Waals surface area contributed by atoms with E-state index in [1.54, 1.807) is 42.5 Å². The Morgan fingerprint density at radius 2 is 1.53 bits per heavy atom. The summed E-state index contributed by atoms with van der Waals surface area (Å²) in [6, 6.07) is 26.8. The summed E-state index contributed by atoms with van der Waals surface area (Å²) >= 11 is 6.36. The van der Waals surface area contributed by atoms with E-state index in [-0.39, 0.29) is 35.5 Å². The number of benzene rings is 4. The number of methoxy groups -OCH3 is 2. The van der Waals surface area contributed by atoms with Gasteiger partial charge in [0.25, 0.3) is 10.0 Å². The number of hydrogen-bond acceptors (Lipinski definition) is 6. The summed E-state index contributed by atoms with van der Waals surface area (Å²) in [5.74, 6) is -0.150. The molecule has 5 rings (SSSR count). The normalized spacial score (nSPS) is 13.8. The Morgan fingerprint density at radius 3 is 2.18 bits per heavy atom. The van der Waals surface area contributed by atoms with Crippen LogP contribution in [0.4, 0.5) is 5.69 Å². The van der Waals surface area contributed by atoms with Gasteiger partial charge in [-0.25, -0.2) is 8.42 Å². The first-order valence-corrected chi connectivity index (χ1v) is 18.1. The SMILES string of the molecule is COc1ccc(N(CC(=O)N(Cc2cccc(Cl)c2)[C@H](Cc2ccccc2)C(=O)NC2CCCC2)S(=O)(=O)c2ccc(C)cc2)cc1OC. The quantitative estimate of drug-likeness (QED) is 0.160. The summed E-state index contributed by atoms with van der Waals surface area (Å²) in [6.07, 6.45) is 4.02. The van der Waals surface area contributed by atoms with Crippen molar-refractivity contribution < 1.29 is 27.5 Å². The number of aryl methyl sites for hydroxylation is 1. The predicted molar refractivity (Wildman–Crippen MR) is 192 cm³/mol. The lowest BCUT2D eigenvalue weighted by Crippen LogP contribution is -2.54. The van der Waals surface area contributed by atoms with Gasteiger partial charge in [0.2, 0.25) is 11.8 Å². The predicted octanol–water partition coefficient (Wildman–Crippen LogP) is 6.56. The molecule has 1 N–H and O–H groups in total. The van der Waals surface area contributed by atoms with Crippen molar-refractivity contribution in [2.45, 2.75) is 62.6 Å². The summed E-state index contributed by atoms with van der Waals surface area (Å²) in [5.41, 5.74) is 2.65. The molecule has 0 unspecified atom stereocenters. The number of anilines is 1. The molecule has 1 fully saturated rings. The highest BCUT2D eigenvalue weighted by atomic mass is 35.5. The van der Waals surface area contributed by atoms with Crippen LogP contribution in [-0.2, 0) is 32.6 Å². The van der Waals surface area contributed by atoms with Gasteiger partial charge in [0.05, 0.1) is 24.8 Å².